The first-order chi connectivity index (χ1) is 9.52. The Morgan fingerprint density at radius 2 is 1.80 bits per heavy atom. The zero-order valence-electron chi connectivity index (χ0n) is 11.8. The fourth-order valence-electron chi connectivity index (χ4n) is 2.11. The van der Waals surface area contributed by atoms with Crippen molar-refractivity contribution in [3.8, 4) is 11.5 Å². The van der Waals surface area contributed by atoms with Gasteiger partial charge in [0.05, 0.1) is 13.2 Å². The molecule has 1 unspecified atom stereocenters. The Morgan fingerprint density at radius 1 is 1.15 bits per heavy atom. The van der Waals surface area contributed by atoms with Gasteiger partial charge in [-0.2, -0.15) is 0 Å². The van der Waals surface area contributed by atoms with Gasteiger partial charge in [0, 0.05) is 22.8 Å². The van der Waals surface area contributed by atoms with Crippen molar-refractivity contribution in [3.63, 3.8) is 0 Å². The molecule has 106 valence electrons. The molecule has 0 aliphatic heterocycles. The zero-order valence-corrected chi connectivity index (χ0v) is 13.4. The second kappa shape index (κ2) is 6.18. The molecule has 20 heavy (non-hydrogen) atoms. The van der Waals surface area contributed by atoms with E-state index in [1.165, 1.54) is 0 Å². The SMILES string of the molecule is COc1ccc(N(C)C(C)c2cc(Br)ccc2O)cc1. The number of phenolic OH excluding ortho intramolecular Hbond substituents is 1. The van der Waals surface area contributed by atoms with Gasteiger partial charge >= 0.3 is 0 Å². The minimum Gasteiger partial charge on any atom is -0.508 e. The maximum atomic E-state index is 10.0. The van der Waals surface area contributed by atoms with Gasteiger partial charge < -0.3 is 14.7 Å². The smallest absolute Gasteiger partial charge is 0.120 e. The fraction of sp³-hybridized carbons (Fsp3) is 0.250. The summed E-state index contributed by atoms with van der Waals surface area (Å²) >= 11 is 3.44. The van der Waals surface area contributed by atoms with Crippen LogP contribution in [0.4, 0.5) is 5.69 Å². The predicted octanol–water partition coefficient (Wildman–Crippen LogP) is 4.36. The van der Waals surface area contributed by atoms with Crippen LogP contribution >= 0.6 is 15.9 Å². The molecule has 2 aromatic rings. The van der Waals surface area contributed by atoms with Crippen LogP contribution < -0.4 is 9.64 Å². The maximum Gasteiger partial charge on any atom is 0.120 e. The van der Waals surface area contributed by atoms with E-state index in [1.807, 2.05) is 43.4 Å². The molecular formula is C16H18BrNO2. The summed E-state index contributed by atoms with van der Waals surface area (Å²) in [5.74, 6) is 1.14. The molecule has 0 bridgehead atoms. The summed E-state index contributed by atoms with van der Waals surface area (Å²) in [5.41, 5.74) is 1.95. The molecular weight excluding hydrogens is 318 g/mol. The molecule has 2 aromatic carbocycles. The van der Waals surface area contributed by atoms with E-state index in [2.05, 4.69) is 27.8 Å². The van der Waals surface area contributed by atoms with Gasteiger partial charge in [0.1, 0.15) is 11.5 Å². The quantitative estimate of drug-likeness (QED) is 0.900. The number of halogens is 1. The Bertz CT molecular complexity index is 584. The fourth-order valence-corrected chi connectivity index (χ4v) is 2.49. The average Bonchev–Trinajstić information content (AvgIpc) is 2.48. The van der Waals surface area contributed by atoms with Gasteiger partial charge in [-0.25, -0.2) is 0 Å². The van der Waals surface area contributed by atoms with Crippen LogP contribution in [0, 0.1) is 0 Å². The third-order valence-electron chi connectivity index (χ3n) is 3.50. The lowest BCUT2D eigenvalue weighted by molar-refractivity contribution is 0.415. The maximum absolute atomic E-state index is 10.0. The van der Waals surface area contributed by atoms with Gasteiger partial charge in [0.25, 0.3) is 0 Å². The third-order valence-corrected chi connectivity index (χ3v) is 3.99. The van der Waals surface area contributed by atoms with Crippen molar-refractivity contribution in [3.05, 3.63) is 52.5 Å². The van der Waals surface area contributed by atoms with Crippen molar-refractivity contribution in [1.82, 2.24) is 0 Å². The first-order valence-electron chi connectivity index (χ1n) is 6.38. The molecule has 0 aliphatic carbocycles. The summed E-state index contributed by atoms with van der Waals surface area (Å²) in [4.78, 5) is 2.11. The third kappa shape index (κ3) is 3.07. The Kier molecular flexibility index (Phi) is 4.55. The number of phenols is 1. The highest BCUT2D eigenvalue weighted by molar-refractivity contribution is 9.10. The molecule has 1 atom stereocenters. The Hall–Kier alpha value is -1.68. The van der Waals surface area contributed by atoms with Crippen molar-refractivity contribution in [2.24, 2.45) is 0 Å². The zero-order chi connectivity index (χ0) is 14.7. The molecule has 0 radical (unpaired) electrons. The lowest BCUT2D eigenvalue weighted by Gasteiger charge is -2.28. The average molecular weight is 336 g/mol. The van der Waals surface area contributed by atoms with E-state index < -0.39 is 0 Å². The Morgan fingerprint density at radius 3 is 2.40 bits per heavy atom. The Balaban J connectivity index is 2.26. The minimum absolute atomic E-state index is 0.0564. The summed E-state index contributed by atoms with van der Waals surface area (Å²) in [6.07, 6.45) is 0. The van der Waals surface area contributed by atoms with Crippen LogP contribution in [0.15, 0.2) is 46.9 Å². The highest BCUT2D eigenvalue weighted by Crippen LogP contribution is 2.33. The van der Waals surface area contributed by atoms with E-state index in [9.17, 15) is 5.11 Å². The summed E-state index contributed by atoms with van der Waals surface area (Å²) in [6, 6.07) is 13.4. The molecule has 0 spiro atoms. The monoisotopic (exact) mass is 335 g/mol. The number of aromatic hydroxyl groups is 1. The van der Waals surface area contributed by atoms with Crippen LogP contribution in [0.2, 0.25) is 0 Å². The molecule has 0 saturated carbocycles. The normalized spacial score (nSPS) is 12.0. The molecule has 0 aromatic heterocycles. The van der Waals surface area contributed by atoms with Crippen LogP contribution in [0.1, 0.15) is 18.5 Å². The molecule has 0 aliphatic rings. The van der Waals surface area contributed by atoms with Crippen LogP contribution in [0.25, 0.3) is 0 Å². The summed E-state index contributed by atoms with van der Waals surface area (Å²) in [7, 11) is 3.66. The highest BCUT2D eigenvalue weighted by Gasteiger charge is 2.16. The summed E-state index contributed by atoms with van der Waals surface area (Å²) in [6.45, 7) is 2.06. The molecule has 0 amide bonds. The first-order valence-corrected chi connectivity index (χ1v) is 7.17. The van der Waals surface area contributed by atoms with Crippen LogP contribution in [0.5, 0.6) is 11.5 Å². The van der Waals surface area contributed by atoms with Gasteiger partial charge in [0.2, 0.25) is 0 Å². The van der Waals surface area contributed by atoms with E-state index in [-0.39, 0.29) is 6.04 Å². The minimum atomic E-state index is 0.0564. The van der Waals surface area contributed by atoms with E-state index in [0.29, 0.717) is 5.75 Å². The number of ether oxygens (including phenoxy) is 1. The van der Waals surface area contributed by atoms with Gasteiger partial charge in [-0.1, -0.05) is 15.9 Å². The van der Waals surface area contributed by atoms with Gasteiger partial charge in [-0.05, 0) is 49.4 Å². The molecule has 3 nitrogen and oxygen atoms in total. The number of anilines is 1. The largest absolute Gasteiger partial charge is 0.508 e. The van der Waals surface area contributed by atoms with E-state index >= 15 is 0 Å². The van der Waals surface area contributed by atoms with E-state index in [4.69, 9.17) is 4.74 Å². The molecule has 2 rings (SSSR count). The molecule has 0 saturated heterocycles. The Labute approximate surface area is 127 Å². The molecule has 1 N–H and O–H groups in total. The van der Waals surface area contributed by atoms with Gasteiger partial charge in [-0.15, -0.1) is 0 Å². The van der Waals surface area contributed by atoms with E-state index in [0.717, 1.165) is 21.5 Å². The highest BCUT2D eigenvalue weighted by atomic mass is 79.9. The van der Waals surface area contributed by atoms with Crippen LogP contribution in [0.3, 0.4) is 0 Å². The van der Waals surface area contributed by atoms with Crippen molar-refractivity contribution in [1.29, 1.82) is 0 Å². The van der Waals surface area contributed by atoms with Crippen LogP contribution in [-0.4, -0.2) is 19.3 Å². The predicted molar refractivity (Wildman–Crippen MR) is 85.6 cm³/mol. The molecule has 0 fully saturated rings. The van der Waals surface area contributed by atoms with Crippen molar-refractivity contribution < 1.29 is 9.84 Å². The number of hydrogen-bond acceptors (Lipinski definition) is 3. The second-order valence-electron chi connectivity index (χ2n) is 4.69. The van der Waals surface area contributed by atoms with E-state index in [1.54, 1.807) is 13.2 Å². The lowest BCUT2D eigenvalue weighted by Crippen LogP contribution is -2.21. The summed E-state index contributed by atoms with van der Waals surface area (Å²) in [5, 5.41) is 10.0. The second-order valence-corrected chi connectivity index (χ2v) is 5.60. The molecule has 4 heteroatoms. The molecule has 0 heterocycles. The standard InChI is InChI=1S/C16H18BrNO2/c1-11(15-10-12(17)4-9-16(15)19)18(2)13-5-7-14(20-3)8-6-13/h4-11,19H,1-3H3. The number of methoxy groups -OCH3 is 1. The van der Waals surface area contributed by atoms with Crippen LogP contribution in [-0.2, 0) is 0 Å². The topological polar surface area (TPSA) is 32.7 Å². The van der Waals surface area contributed by atoms with Gasteiger partial charge in [-0.3, -0.25) is 0 Å². The lowest BCUT2D eigenvalue weighted by atomic mass is 10.1. The van der Waals surface area contributed by atoms with Crippen molar-refractivity contribution in [2.45, 2.75) is 13.0 Å². The van der Waals surface area contributed by atoms with Crippen molar-refractivity contribution >= 4 is 21.6 Å². The summed E-state index contributed by atoms with van der Waals surface area (Å²) < 4.78 is 6.12. The van der Waals surface area contributed by atoms with Gasteiger partial charge in [0.15, 0.2) is 0 Å². The number of hydrogen-bond donors (Lipinski definition) is 1. The number of rotatable bonds is 4. The first kappa shape index (κ1) is 14.7. The number of benzene rings is 2. The number of nitrogens with zero attached hydrogens (tertiary/aromatic N) is 1. The van der Waals surface area contributed by atoms with Crippen molar-refractivity contribution in [2.75, 3.05) is 19.1 Å².